The molecule has 2 rings (SSSR count). The molecule has 1 unspecified atom stereocenters. The molecule has 1 aromatic heterocycles. The number of hydrogen-bond acceptors (Lipinski definition) is 3. The fourth-order valence-corrected chi connectivity index (χ4v) is 3.28. The maximum atomic E-state index is 13.4. The van der Waals surface area contributed by atoms with Gasteiger partial charge in [0, 0.05) is 21.2 Å². The first-order valence-electron chi connectivity index (χ1n) is 5.24. The van der Waals surface area contributed by atoms with Crippen LogP contribution in [-0.2, 0) is 6.42 Å². The van der Waals surface area contributed by atoms with Crippen LogP contribution in [0.1, 0.15) is 16.5 Å². The molecule has 0 amide bonds. The van der Waals surface area contributed by atoms with Crippen LogP contribution < -0.4 is 11.3 Å². The van der Waals surface area contributed by atoms with E-state index in [-0.39, 0.29) is 11.1 Å². The molecule has 18 heavy (non-hydrogen) atoms. The highest BCUT2D eigenvalue weighted by Crippen LogP contribution is 2.26. The molecule has 1 atom stereocenters. The van der Waals surface area contributed by atoms with E-state index in [1.165, 1.54) is 10.9 Å². The van der Waals surface area contributed by atoms with E-state index < -0.39 is 5.82 Å². The lowest BCUT2D eigenvalue weighted by molar-refractivity contribution is 0.548. The van der Waals surface area contributed by atoms with Gasteiger partial charge in [0.15, 0.2) is 0 Å². The van der Waals surface area contributed by atoms with E-state index in [2.05, 4.69) is 21.4 Å². The molecule has 0 spiro atoms. The topological polar surface area (TPSA) is 38.0 Å². The van der Waals surface area contributed by atoms with Crippen LogP contribution in [0.5, 0.6) is 0 Å². The van der Waals surface area contributed by atoms with Gasteiger partial charge in [0.1, 0.15) is 5.82 Å². The Kier molecular flexibility index (Phi) is 4.75. The van der Waals surface area contributed by atoms with Crippen LogP contribution in [-0.4, -0.2) is 0 Å². The summed E-state index contributed by atoms with van der Waals surface area (Å²) in [4.78, 5) is 1.17. The highest BCUT2D eigenvalue weighted by Gasteiger charge is 2.13. The first-order chi connectivity index (χ1) is 8.60. The number of hydrogen-bond donors (Lipinski definition) is 2. The smallest absolute Gasteiger partial charge is 0.142 e. The van der Waals surface area contributed by atoms with Gasteiger partial charge in [0.2, 0.25) is 0 Å². The molecule has 0 saturated carbocycles. The van der Waals surface area contributed by atoms with Crippen molar-refractivity contribution >= 4 is 38.9 Å². The lowest BCUT2D eigenvalue weighted by atomic mass is 10.0. The van der Waals surface area contributed by atoms with E-state index in [0.29, 0.717) is 6.42 Å². The van der Waals surface area contributed by atoms with Crippen LogP contribution in [0.25, 0.3) is 0 Å². The maximum Gasteiger partial charge on any atom is 0.142 e. The number of hydrazine groups is 1. The van der Waals surface area contributed by atoms with Crippen molar-refractivity contribution in [2.45, 2.75) is 12.5 Å². The van der Waals surface area contributed by atoms with Crippen molar-refractivity contribution in [1.82, 2.24) is 5.43 Å². The van der Waals surface area contributed by atoms with Crippen LogP contribution >= 0.6 is 38.9 Å². The average molecular weight is 350 g/mol. The van der Waals surface area contributed by atoms with Gasteiger partial charge in [0.05, 0.1) is 11.1 Å². The van der Waals surface area contributed by atoms with Crippen molar-refractivity contribution in [2.24, 2.45) is 5.84 Å². The summed E-state index contributed by atoms with van der Waals surface area (Å²) in [6, 6.07) is 6.62. The fraction of sp³-hybridized carbons (Fsp3) is 0.167. The summed E-state index contributed by atoms with van der Waals surface area (Å²) in [5.41, 5.74) is 3.49. The van der Waals surface area contributed by atoms with Gasteiger partial charge in [-0.15, -0.1) is 11.3 Å². The summed E-state index contributed by atoms with van der Waals surface area (Å²) in [6.07, 6.45) is 0.702. The summed E-state index contributed by atoms with van der Waals surface area (Å²) in [5.74, 6) is 5.11. The minimum atomic E-state index is -0.429. The molecule has 0 fully saturated rings. The second-order valence-corrected chi connectivity index (χ2v) is 6.15. The molecular weight excluding hydrogens is 339 g/mol. The van der Waals surface area contributed by atoms with E-state index >= 15 is 0 Å². The highest BCUT2D eigenvalue weighted by atomic mass is 79.9. The van der Waals surface area contributed by atoms with Gasteiger partial charge in [-0.3, -0.25) is 11.3 Å². The number of nitrogens with two attached hydrogens (primary N) is 1. The Morgan fingerprint density at radius 3 is 2.78 bits per heavy atom. The first-order valence-corrected chi connectivity index (χ1v) is 7.29. The predicted molar refractivity (Wildman–Crippen MR) is 77.2 cm³/mol. The van der Waals surface area contributed by atoms with Crippen molar-refractivity contribution in [1.29, 1.82) is 0 Å². The molecule has 0 bridgehead atoms. The monoisotopic (exact) mass is 348 g/mol. The Hall–Kier alpha value is -0.460. The van der Waals surface area contributed by atoms with E-state index in [0.717, 1.165) is 10.0 Å². The summed E-state index contributed by atoms with van der Waals surface area (Å²) in [5, 5.41) is 2.12. The van der Waals surface area contributed by atoms with Crippen molar-refractivity contribution in [3.63, 3.8) is 0 Å². The minimum absolute atomic E-state index is 0.119. The van der Waals surface area contributed by atoms with Gasteiger partial charge in [-0.25, -0.2) is 4.39 Å². The van der Waals surface area contributed by atoms with Crippen molar-refractivity contribution < 1.29 is 4.39 Å². The number of nitrogens with one attached hydrogen (secondary N) is 1. The van der Waals surface area contributed by atoms with Gasteiger partial charge in [-0.1, -0.05) is 17.7 Å². The number of halogens is 3. The normalized spacial score (nSPS) is 12.7. The zero-order valence-corrected chi connectivity index (χ0v) is 12.4. The molecule has 6 heteroatoms. The second-order valence-electron chi connectivity index (χ2n) is 3.83. The molecule has 0 aliphatic carbocycles. The molecule has 0 aliphatic heterocycles. The molecule has 0 saturated heterocycles. The number of thiophene rings is 1. The fourth-order valence-electron chi connectivity index (χ4n) is 1.66. The number of rotatable bonds is 4. The Morgan fingerprint density at radius 1 is 1.44 bits per heavy atom. The summed E-state index contributed by atoms with van der Waals surface area (Å²) in [6.45, 7) is 0. The maximum absolute atomic E-state index is 13.4. The molecule has 0 aliphatic rings. The Labute approximate surface area is 122 Å². The third-order valence-corrected chi connectivity index (χ3v) is 4.60. The Bertz CT molecular complexity index is 547. The quantitative estimate of drug-likeness (QED) is 0.645. The Balaban J connectivity index is 2.19. The van der Waals surface area contributed by atoms with Crippen LogP contribution in [0.4, 0.5) is 4.39 Å². The molecule has 2 nitrogen and oxygen atoms in total. The third-order valence-electron chi connectivity index (χ3n) is 2.57. The zero-order valence-electron chi connectivity index (χ0n) is 9.29. The minimum Gasteiger partial charge on any atom is -0.271 e. The van der Waals surface area contributed by atoms with Crippen LogP contribution in [0.3, 0.4) is 0 Å². The molecular formula is C12H11BrClFN2S. The SMILES string of the molecule is NNC(Cc1cc(Br)cs1)c1ccc(Cl)c(F)c1. The molecule has 1 heterocycles. The summed E-state index contributed by atoms with van der Waals surface area (Å²) < 4.78 is 14.5. The zero-order chi connectivity index (χ0) is 13.1. The molecule has 2 aromatic rings. The second kappa shape index (κ2) is 6.12. The van der Waals surface area contributed by atoms with Crippen LogP contribution in [0.2, 0.25) is 5.02 Å². The van der Waals surface area contributed by atoms with E-state index in [9.17, 15) is 4.39 Å². The van der Waals surface area contributed by atoms with Gasteiger partial charge < -0.3 is 0 Å². The first kappa shape index (κ1) is 14.0. The number of benzene rings is 1. The third kappa shape index (κ3) is 3.30. The van der Waals surface area contributed by atoms with E-state index in [1.54, 1.807) is 23.5 Å². The Morgan fingerprint density at radius 2 is 2.22 bits per heavy atom. The van der Waals surface area contributed by atoms with Gasteiger partial charge in [-0.05, 0) is 39.7 Å². The highest BCUT2D eigenvalue weighted by molar-refractivity contribution is 9.10. The predicted octanol–water partition coefficient (Wildman–Crippen LogP) is 4.05. The summed E-state index contributed by atoms with van der Waals surface area (Å²) in [7, 11) is 0. The lowest BCUT2D eigenvalue weighted by Crippen LogP contribution is -2.29. The summed E-state index contributed by atoms with van der Waals surface area (Å²) >= 11 is 10.7. The van der Waals surface area contributed by atoms with Crippen LogP contribution in [0, 0.1) is 5.82 Å². The van der Waals surface area contributed by atoms with E-state index in [1.807, 2.05) is 11.4 Å². The molecule has 1 aromatic carbocycles. The van der Waals surface area contributed by atoms with Gasteiger partial charge in [0.25, 0.3) is 0 Å². The van der Waals surface area contributed by atoms with Crippen molar-refractivity contribution in [3.05, 3.63) is 55.4 Å². The van der Waals surface area contributed by atoms with E-state index in [4.69, 9.17) is 17.4 Å². The van der Waals surface area contributed by atoms with Gasteiger partial charge in [-0.2, -0.15) is 0 Å². The van der Waals surface area contributed by atoms with Crippen molar-refractivity contribution in [3.8, 4) is 0 Å². The average Bonchev–Trinajstić information content (AvgIpc) is 2.75. The largest absolute Gasteiger partial charge is 0.271 e. The van der Waals surface area contributed by atoms with Crippen LogP contribution in [0.15, 0.2) is 34.1 Å². The standard InChI is InChI=1S/C12H11BrClFN2S/c13-8-4-9(18-6-8)5-12(17-16)7-1-2-10(14)11(15)3-7/h1-4,6,12,17H,5,16H2. The van der Waals surface area contributed by atoms with Crippen molar-refractivity contribution in [2.75, 3.05) is 0 Å². The molecule has 3 N–H and O–H groups in total. The molecule has 96 valence electrons. The molecule has 0 radical (unpaired) electrons. The lowest BCUT2D eigenvalue weighted by Gasteiger charge is -2.15. The van der Waals surface area contributed by atoms with Gasteiger partial charge >= 0.3 is 0 Å².